The molecular formula is C25H33N5O3. The smallest absolute Gasteiger partial charge is 0.230 e. The van der Waals surface area contributed by atoms with Crippen LogP contribution in [0.25, 0.3) is 11.4 Å². The van der Waals surface area contributed by atoms with Gasteiger partial charge in [-0.1, -0.05) is 30.8 Å². The minimum Gasteiger partial charge on any atom is -0.356 e. The van der Waals surface area contributed by atoms with Crippen LogP contribution in [0.5, 0.6) is 0 Å². The molecule has 1 N–H and O–H groups in total. The summed E-state index contributed by atoms with van der Waals surface area (Å²) in [6.07, 6.45) is 13.1. The van der Waals surface area contributed by atoms with Crippen molar-refractivity contribution in [3.05, 3.63) is 30.4 Å². The normalized spacial score (nSPS) is 27.1. The molecule has 5 rings (SSSR count). The van der Waals surface area contributed by atoms with Crippen molar-refractivity contribution in [2.24, 2.45) is 11.8 Å². The van der Waals surface area contributed by atoms with Gasteiger partial charge in [0.25, 0.3) is 0 Å². The Morgan fingerprint density at radius 1 is 1.09 bits per heavy atom. The van der Waals surface area contributed by atoms with E-state index in [1.54, 1.807) is 12.4 Å². The van der Waals surface area contributed by atoms with Gasteiger partial charge in [-0.05, 0) is 50.7 Å². The van der Waals surface area contributed by atoms with E-state index in [-0.39, 0.29) is 35.6 Å². The second-order valence-electron chi connectivity index (χ2n) is 9.76. The first-order chi connectivity index (χ1) is 16.2. The largest absolute Gasteiger partial charge is 0.356 e. The summed E-state index contributed by atoms with van der Waals surface area (Å²) in [5, 5.41) is 7.29. The summed E-state index contributed by atoms with van der Waals surface area (Å²) in [6, 6.07) is 3.62. The Morgan fingerprint density at radius 3 is 2.76 bits per heavy atom. The lowest BCUT2D eigenvalue weighted by atomic mass is 9.97. The summed E-state index contributed by atoms with van der Waals surface area (Å²) in [5.74, 6) is 1.19. The molecule has 0 spiro atoms. The average molecular weight is 452 g/mol. The van der Waals surface area contributed by atoms with Crippen molar-refractivity contribution in [1.29, 1.82) is 0 Å². The minimum absolute atomic E-state index is 0.0366. The van der Waals surface area contributed by atoms with Gasteiger partial charge in [0.1, 0.15) is 0 Å². The molecule has 2 aliphatic carbocycles. The van der Waals surface area contributed by atoms with Crippen LogP contribution < -0.4 is 5.32 Å². The average Bonchev–Trinajstić information content (AvgIpc) is 3.60. The zero-order chi connectivity index (χ0) is 22.6. The Balaban J connectivity index is 1.40. The van der Waals surface area contributed by atoms with Crippen LogP contribution in [0.2, 0.25) is 0 Å². The van der Waals surface area contributed by atoms with E-state index in [1.807, 2.05) is 12.1 Å². The molecule has 33 heavy (non-hydrogen) atoms. The van der Waals surface area contributed by atoms with E-state index < -0.39 is 0 Å². The van der Waals surface area contributed by atoms with Gasteiger partial charge in [0, 0.05) is 48.9 Å². The van der Waals surface area contributed by atoms with Crippen molar-refractivity contribution >= 4 is 11.8 Å². The zero-order valence-electron chi connectivity index (χ0n) is 19.1. The van der Waals surface area contributed by atoms with Crippen molar-refractivity contribution in [1.82, 2.24) is 25.3 Å². The number of pyridine rings is 1. The molecule has 176 valence electrons. The van der Waals surface area contributed by atoms with Gasteiger partial charge in [0.2, 0.25) is 23.5 Å². The lowest BCUT2D eigenvalue weighted by molar-refractivity contribution is -0.140. The van der Waals surface area contributed by atoms with Crippen LogP contribution in [-0.2, 0) is 9.59 Å². The molecule has 3 unspecified atom stereocenters. The molecule has 8 nitrogen and oxygen atoms in total. The fourth-order valence-electron chi connectivity index (χ4n) is 5.81. The first kappa shape index (κ1) is 22.0. The summed E-state index contributed by atoms with van der Waals surface area (Å²) in [5.41, 5.74) is 0.802. The van der Waals surface area contributed by atoms with Gasteiger partial charge in [-0.3, -0.25) is 14.6 Å². The van der Waals surface area contributed by atoms with Crippen molar-refractivity contribution in [2.45, 2.75) is 76.2 Å². The number of carbonyl (C=O) groups excluding carboxylic acids is 2. The quantitative estimate of drug-likeness (QED) is 0.764. The molecule has 1 aliphatic heterocycles. The van der Waals surface area contributed by atoms with Crippen LogP contribution in [0.1, 0.15) is 76.0 Å². The molecule has 0 radical (unpaired) electrons. The number of hydrogen-bond donors (Lipinski definition) is 1. The van der Waals surface area contributed by atoms with Crippen LogP contribution in [0, 0.1) is 11.8 Å². The molecule has 0 aromatic carbocycles. The lowest BCUT2D eigenvalue weighted by Gasteiger charge is -2.34. The van der Waals surface area contributed by atoms with Crippen molar-refractivity contribution < 1.29 is 14.1 Å². The molecule has 2 amide bonds. The second-order valence-corrected chi connectivity index (χ2v) is 9.76. The Bertz CT molecular complexity index is 956. The molecular weight excluding hydrogens is 418 g/mol. The van der Waals surface area contributed by atoms with Crippen molar-refractivity contribution in [3.63, 3.8) is 0 Å². The van der Waals surface area contributed by atoms with E-state index in [0.717, 1.165) is 63.5 Å². The molecule has 0 bridgehead atoms. The fourth-order valence-corrected chi connectivity index (χ4v) is 5.81. The number of fused-ring (bicyclic) bond motifs is 1. The Hall–Kier alpha value is -2.77. The van der Waals surface area contributed by atoms with Gasteiger partial charge >= 0.3 is 0 Å². The minimum atomic E-state index is -0.243. The monoisotopic (exact) mass is 451 g/mol. The number of carbonyl (C=O) groups is 2. The van der Waals surface area contributed by atoms with E-state index in [1.165, 1.54) is 0 Å². The third-order valence-corrected chi connectivity index (χ3v) is 7.59. The Morgan fingerprint density at radius 2 is 1.94 bits per heavy atom. The van der Waals surface area contributed by atoms with Crippen LogP contribution in [0.3, 0.4) is 0 Å². The Labute approximate surface area is 194 Å². The number of nitrogens with one attached hydrogen (secondary N) is 1. The first-order valence-electron chi connectivity index (χ1n) is 12.5. The van der Waals surface area contributed by atoms with Gasteiger partial charge in [0.05, 0.1) is 5.92 Å². The molecule has 3 atom stereocenters. The lowest BCUT2D eigenvalue weighted by Crippen LogP contribution is -2.49. The standard InChI is InChI=1S/C25H33N5O3/c31-23-20-14-19(24-28-22(29-33-24)18-10-7-11-26-16-18)15-21(20)30(13-6-2-1-5-12-27-23)25(32)17-8-3-4-9-17/h7,10-11,16-17,19-21H,1-6,8-9,12-15H2,(H,27,31). The summed E-state index contributed by atoms with van der Waals surface area (Å²) in [4.78, 5) is 37.6. The van der Waals surface area contributed by atoms with E-state index >= 15 is 0 Å². The SMILES string of the molecule is O=C1NCCCCCCN(C(=O)C2CCCC2)C2CC(c3nc(-c4cccnc4)no3)CC12. The highest BCUT2D eigenvalue weighted by molar-refractivity contribution is 5.83. The highest BCUT2D eigenvalue weighted by Gasteiger charge is 2.46. The second kappa shape index (κ2) is 10.0. The number of hydrogen-bond acceptors (Lipinski definition) is 6. The predicted molar refractivity (Wildman–Crippen MR) is 122 cm³/mol. The number of aromatic nitrogens is 3. The third kappa shape index (κ3) is 4.80. The third-order valence-electron chi connectivity index (χ3n) is 7.59. The Kier molecular flexibility index (Phi) is 6.69. The maximum atomic E-state index is 13.6. The molecule has 3 aliphatic rings. The molecule has 2 aromatic heterocycles. The fraction of sp³-hybridized carbons (Fsp3) is 0.640. The van der Waals surface area contributed by atoms with Gasteiger partial charge in [-0.15, -0.1) is 0 Å². The molecule has 3 fully saturated rings. The van der Waals surface area contributed by atoms with Crippen LogP contribution in [-0.4, -0.2) is 51.0 Å². The summed E-state index contributed by atoms with van der Waals surface area (Å²) in [6.45, 7) is 1.44. The van der Waals surface area contributed by atoms with Gasteiger partial charge < -0.3 is 14.7 Å². The zero-order valence-corrected chi connectivity index (χ0v) is 19.1. The first-order valence-corrected chi connectivity index (χ1v) is 12.5. The van der Waals surface area contributed by atoms with Crippen molar-refractivity contribution in [3.8, 4) is 11.4 Å². The van der Waals surface area contributed by atoms with Crippen molar-refractivity contribution in [2.75, 3.05) is 13.1 Å². The molecule has 2 aromatic rings. The predicted octanol–water partition coefficient (Wildman–Crippen LogP) is 3.70. The molecule has 3 heterocycles. The van der Waals surface area contributed by atoms with E-state index in [0.29, 0.717) is 31.1 Å². The summed E-state index contributed by atoms with van der Waals surface area (Å²) in [7, 11) is 0. The summed E-state index contributed by atoms with van der Waals surface area (Å²) >= 11 is 0. The van der Waals surface area contributed by atoms with Crippen LogP contribution in [0.15, 0.2) is 29.0 Å². The van der Waals surface area contributed by atoms with Crippen LogP contribution >= 0.6 is 0 Å². The maximum Gasteiger partial charge on any atom is 0.230 e. The summed E-state index contributed by atoms with van der Waals surface area (Å²) < 4.78 is 5.65. The maximum absolute atomic E-state index is 13.6. The number of amides is 2. The molecule has 1 saturated heterocycles. The number of nitrogens with zero attached hydrogens (tertiary/aromatic N) is 4. The van der Waals surface area contributed by atoms with Gasteiger partial charge in [0.15, 0.2) is 0 Å². The van der Waals surface area contributed by atoms with Gasteiger partial charge in [-0.2, -0.15) is 4.98 Å². The highest BCUT2D eigenvalue weighted by Crippen LogP contribution is 2.42. The van der Waals surface area contributed by atoms with E-state index in [4.69, 9.17) is 4.52 Å². The molecule has 2 saturated carbocycles. The van der Waals surface area contributed by atoms with Gasteiger partial charge in [-0.25, -0.2) is 0 Å². The number of rotatable bonds is 3. The topological polar surface area (TPSA) is 101 Å². The van der Waals surface area contributed by atoms with Crippen LogP contribution in [0.4, 0.5) is 0 Å². The highest BCUT2D eigenvalue weighted by atomic mass is 16.5. The molecule has 8 heteroatoms. The van der Waals surface area contributed by atoms with E-state index in [2.05, 4.69) is 25.3 Å². The van der Waals surface area contributed by atoms with E-state index in [9.17, 15) is 9.59 Å².